The molecule has 0 aliphatic rings. The Bertz CT molecular complexity index is 989. The van der Waals surface area contributed by atoms with Crippen LogP contribution < -0.4 is 6.15 Å². The first-order valence-corrected chi connectivity index (χ1v) is 22.5. The van der Waals surface area contributed by atoms with Gasteiger partial charge in [0.25, 0.3) is 0 Å². The van der Waals surface area contributed by atoms with E-state index in [2.05, 4.69) is 38.2 Å². The lowest BCUT2D eigenvalue weighted by Gasteiger charge is -2.42. The van der Waals surface area contributed by atoms with Gasteiger partial charge in [0.15, 0.2) is 6.10 Å². The first-order chi connectivity index (χ1) is 24.7. The molecule has 0 saturated heterocycles. The fourth-order valence-electron chi connectivity index (χ4n) is 6.66. The molecule has 314 valence electrons. The smallest absolute Gasteiger partial charge is 0.306 e. The minimum Gasteiger partial charge on any atom is -0.726 e. The number of quaternary nitrogens is 1. The van der Waals surface area contributed by atoms with Crippen LogP contribution in [0.4, 0.5) is 0 Å². The molecule has 0 atom stereocenters. The van der Waals surface area contributed by atoms with E-state index < -0.39 is 39.6 Å². The van der Waals surface area contributed by atoms with E-state index in [0.717, 1.165) is 77.0 Å². The quantitative estimate of drug-likeness (QED) is 0.0217. The zero-order chi connectivity index (χ0) is 39.0. The standard InChI is InChI=1S/C43H80O8S.H3N/c1-7-9-11-13-15-17-19-21-23-25-27-29-31-33-35-37-39(44)49-42(3,4)41(51-52(46,47)48)43(5,6)50-40(45)38-36-34-32-30-28-26-24-22-20-18-16-14-12-10-8-2;/h21-24,41H,7-20,25-38H2,1-6H3,(H,46,47,48);1H3/b23-21-,24-22-;. The van der Waals surface area contributed by atoms with Crippen LogP contribution in [-0.2, 0) is 33.6 Å². The van der Waals surface area contributed by atoms with Gasteiger partial charge < -0.3 is 20.2 Å². The van der Waals surface area contributed by atoms with Crippen LogP contribution in [0.3, 0.4) is 0 Å². The molecule has 0 spiro atoms. The van der Waals surface area contributed by atoms with Crippen LogP contribution in [-0.4, -0.2) is 42.2 Å². The molecule has 9 nitrogen and oxygen atoms in total. The van der Waals surface area contributed by atoms with Crippen molar-refractivity contribution >= 4 is 22.3 Å². The molecule has 0 rings (SSSR count). The summed E-state index contributed by atoms with van der Waals surface area (Å²) in [7, 11) is -5.19. The highest BCUT2D eigenvalue weighted by Gasteiger charge is 2.48. The maximum Gasteiger partial charge on any atom is 0.306 e. The highest BCUT2D eigenvalue weighted by Crippen LogP contribution is 2.32. The molecular weight excluding hydrogens is 691 g/mol. The molecule has 0 aromatic rings. The predicted molar refractivity (Wildman–Crippen MR) is 220 cm³/mol. The average Bonchev–Trinajstić information content (AvgIpc) is 3.06. The molecule has 0 heterocycles. The van der Waals surface area contributed by atoms with Gasteiger partial charge in [-0.3, -0.25) is 13.8 Å². The van der Waals surface area contributed by atoms with Crippen molar-refractivity contribution in [2.75, 3.05) is 0 Å². The molecule has 4 N–H and O–H groups in total. The van der Waals surface area contributed by atoms with Crippen molar-refractivity contribution in [1.29, 1.82) is 0 Å². The molecule has 10 heteroatoms. The molecule has 0 unspecified atom stereocenters. The van der Waals surface area contributed by atoms with Crippen molar-refractivity contribution in [3.05, 3.63) is 24.3 Å². The van der Waals surface area contributed by atoms with Crippen molar-refractivity contribution in [2.45, 2.75) is 239 Å². The van der Waals surface area contributed by atoms with Crippen molar-refractivity contribution in [3.63, 3.8) is 0 Å². The third-order valence-corrected chi connectivity index (χ3v) is 9.94. The Labute approximate surface area is 326 Å². The molecular formula is C43H83NO8S. The second kappa shape index (κ2) is 33.6. The van der Waals surface area contributed by atoms with Crippen LogP contribution in [0.15, 0.2) is 24.3 Å². The number of allylic oxidation sites excluding steroid dienone is 4. The van der Waals surface area contributed by atoms with E-state index in [1.165, 1.54) is 105 Å². The second-order valence-corrected chi connectivity index (χ2v) is 16.7. The first kappa shape index (κ1) is 53.4. The molecule has 0 aromatic heterocycles. The SMILES string of the molecule is CCCCCCCC/C=C\CCCCCCCC(=O)OC(C)(C)C(OS(=O)(=O)[O-])C(C)(C)OC(=O)CCCCCCC/C=C\CCCCCCCC.[NH4+]. The monoisotopic (exact) mass is 774 g/mol. The minimum absolute atomic E-state index is 0. The number of unbranched alkanes of at least 4 members (excludes halogenated alkanes) is 22. The Morgan fingerprint density at radius 3 is 1.06 bits per heavy atom. The maximum absolute atomic E-state index is 12.8. The molecule has 0 saturated carbocycles. The summed E-state index contributed by atoms with van der Waals surface area (Å²) < 4.78 is 51.3. The Balaban J connectivity index is 0. The van der Waals surface area contributed by atoms with Gasteiger partial charge in [-0.05, 0) is 91.9 Å². The van der Waals surface area contributed by atoms with Crippen LogP contribution in [0, 0.1) is 0 Å². The zero-order valence-corrected chi connectivity index (χ0v) is 36.2. The Morgan fingerprint density at radius 1 is 0.509 bits per heavy atom. The summed E-state index contributed by atoms with van der Waals surface area (Å²) >= 11 is 0. The fourth-order valence-corrected chi connectivity index (χ4v) is 7.36. The molecule has 0 fully saturated rings. The second-order valence-electron chi connectivity index (χ2n) is 15.7. The number of rotatable bonds is 36. The molecule has 53 heavy (non-hydrogen) atoms. The normalized spacial score (nSPS) is 12.5. The van der Waals surface area contributed by atoms with Gasteiger partial charge in [-0.1, -0.05) is 141 Å². The fraction of sp³-hybridized carbons (Fsp3) is 0.860. The Morgan fingerprint density at radius 2 is 0.774 bits per heavy atom. The summed E-state index contributed by atoms with van der Waals surface area (Å²) in [4.78, 5) is 25.5. The topological polar surface area (TPSA) is 156 Å². The summed E-state index contributed by atoms with van der Waals surface area (Å²) in [6.45, 7) is 10.4. The van der Waals surface area contributed by atoms with Gasteiger partial charge in [-0.25, -0.2) is 8.42 Å². The summed E-state index contributed by atoms with van der Waals surface area (Å²) in [5, 5.41) is 0. The molecule has 0 bridgehead atoms. The summed E-state index contributed by atoms with van der Waals surface area (Å²) in [6, 6.07) is 0. The van der Waals surface area contributed by atoms with Crippen molar-refractivity contribution < 1.29 is 36.2 Å². The molecule has 0 radical (unpaired) electrons. The van der Waals surface area contributed by atoms with Crippen LogP contribution in [0.5, 0.6) is 0 Å². The van der Waals surface area contributed by atoms with E-state index in [1.807, 2.05) is 0 Å². The lowest BCUT2D eigenvalue weighted by molar-refractivity contribution is -0.196. The molecule has 0 aliphatic heterocycles. The largest absolute Gasteiger partial charge is 0.726 e. The minimum atomic E-state index is -5.19. The van der Waals surface area contributed by atoms with Gasteiger partial charge in [0.2, 0.25) is 10.4 Å². The average molecular weight is 774 g/mol. The number of hydrogen-bond donors (Lipinski definition) is 1. The van der Waals surface area contributed by atoms with Crippen LogP contribution in [0.2, 0.25) is 0 Å². The third kappa shape index (κ3) is 33.3. The highest BCUT2D eigenvalue weighted by atomic mass is 32.3. The molecule has 0 aliphatic carbocycles. The van der Waals surface area contributed by atoms with Gasteiger partial charge >= 0.3 is 11.9 Å². The van der Waals surface area contributed by atoms with E-state index in [9.17, 15) is 22.6 Å². The van der Waals surface area contributed by atoms with Crippen LogP contribution in [0.1, 0.15) is 221 Å². The van der Waals surface area contributed by atoms with Gasteiger partial charge in [-0.15, -0.1) is 0 Å². The van der Waals surface area contributed by atoms with Gasteiger partial charge in [0.1, 0.15) is 11.2 Å². The van der Waals surface area contributed by atoms with E-state index >= 15 is 0 Å². The number of ether oxygens (including phenoxy) is 2. The van der Waals surface area contributed by atoms with E-state index in [-0.39, 0.29) is 19.0 Å². The maximum atomic E-state index is 12.8. The van der Waals surface area contributed by atoms with E-state index in [0.29, 0.717) is 12.8 Å². The number of hydrogen-bond acceptors (Lipinski definition) is 8. The summed E-state index contributed by atoms with van der Waals surface area (Å²) in [5.74, 6) is -1.04. The highest BCUT2D eigenvalue weighted by molar-refractivity contribution is 7.80. The lowest BCUT2D eigenvalue weighted by atomic mass is 9.88. The number of carbonyl (C=O) groups is 2. The van der Waals surface area contributed by atoms with Gasteiger partial charge in [0, 0.05) is 12.8 Å². The molecule has 0 amide bonds. The Kier molecular flexibility index (Phi) is 33.8. The Hall–Kier alpha value is -1.75. The van der Waals surface area contributed by atoms with Crippen molar-refractivity contribution in [2.24, 2.45) is 0 Å². The summed E-state index contributed by atoms with van der Waals surface area (Å²) in [6.07, 6.45) is 37.8. The number of carbonyl (C=O) groups excluding carboxylic acids is 2. The van der Waals surface area contributed by atoms with Crippen LogP contribution >= 0.6 is 0 Å². The zero-order valence-electron chi connectivity index (χ0n) is 35.4. The first-order valence-electron chi connectivity index (χ1n) is 21.1. The van der Waals surface area contributed by atoms with Crippen molar-refractivity contribution in [1.82, 2.24) is 6.15 Å². The van der Waals surface area contributed by atoms with Crippen LogP contribution in [0.25, 0.3) is 0 Å². The number of esters is 2. The third-order valence-electron chi connectivity index (χ3n) is 9.52. The van der Waals surface area contributed by atoms with Gasteiger partial charge in [0.05, 0.1) is 0 Å². The van der Waals surface area contributed by atoms with E-state index in [1.54, 1.807) is 0 Å². The molecule has 0 aromatic carbocycles. The predicted octanol–water partition coefficient (Wildman–Crippen LogP) is 12.9. The lowest BCUT2D eigenvalue weighted by Crippen LogP contribution is -2.56. The summed E-state index contributed by atoms with van der Waals surface area (Å²) in [5.41, 5.74) is -3.10. The van der Waals surface area contributed by atoms with Crippen molar-refractivity contribution in [3.8, 4) is 0 Å². The van der Waals surface area contributed by atoms with Gasteiger partial charge in [-0.2, -0.15) is 0 Å². The van der Waals surface area contributed by atoms with E-state index in [4.69, 9.17) is 13.7 Å².